The molecule has 8 heteroatoms. The highest BCUT2D eigenvalue weighted by Gasteiger charge is 2.26. The fraction of sp³-hybridized carbons (Fsp3) is 0.571. The number of rotatable bonds is 9. The van der Waals surface area contributed by atoms with Gasteiger partial charge in [0.25, 0.3) is 0 Å². The van der Waals surface area contributed by atoms with E-state index in [4.69, 9.17) is 20.9 Å². The first-order valence-electron chi connectivity index (χ1n) is 7.34. The molecule has 0 aliphatic heterocycles. The first kappa shape index (κ1) is 19.0. The summed E-state index contributed by atoms with van der Waals surface area (Å²) in [5.41, 5.74) is 0.790. The Morgan fingerprint density at radius 3 is 2.59 bits per heavy atom. The van der Waals surface area contributed by atoms with Gasteiger partial charge in [0, 0.05) is 12.1 Å². The predicted molar refractivity (Wildman–Crippen MR) is 91.9 cm³/mol. The molecule has 0 aromatic heterocycles. The van der Waals surface area contributed by atoms with E-state index in [2.05, 4.69) is 5.09 Å². The molecule has 6 nitrogen and oxygen atoms in total. The average molecular weight is 346 g/mol. The van der Waals surface area contributed by atoms with E-state index in [0.717, 1.165) is 12.0 Å². The van der Waals surface area contributed by atoms with Gasteiger partial charge in [-0.2, -0.15) is 0 Å². The standard InChI is InChI=1S/C14H23N2O4PS/c1-5-11(4)15-21(22,19-7-3)20-14-9-8-12(6-2)10-13(14)16(17)18/h8-11H,5-7H2,1-4H3,(H,15,22). The van der Waals surface area contributed by atoms with Crippen LogP contribution in [0.5, 0.6) is 5.75 Å². The highest BCUT2D eigenvalue weighted by molar-refractivity contribution is 8.09. The van der Waals surface area contributed by atoms with E-state index in [1.807, 2.05) is 27.7 Å². The second-order valence-electron chi connectivity index (χ2n) is 4.86. The summed E-state index contributed by atoms with van der Waals surface area (Å²) < 4.78 is 11.3. The second-order valence-corrected chi connectivity index (χ2v) is 7.99. The summed E-state index contributed by atoms with van der Waals surface area (Å²) in [5, 5.41) is 14.4. The van der Waals surface area contributed by atoms with Crippen LogP contribution in [-0.2, 0) is 22.8 Å². The lowest BCUT2D eigenvalue weighted by molar-refractivity contribution is -0.385. The molecule has 0 aliphatic carbocycles. The summed E-state index contributed by atoms with van der Waals surface area (Å²) in [5.74, 6) is 0.148. The van der Waals surface area contributed by atoms with E-state index >= 15 is 0 Å². The van der Waals surface area contributed by atoms with Crippen molar-refractivity contribution in [2.24, 2.45) is 0 Å². The number of nitrogens with one attached hydrogen (secondary N) is 1. The SMILES string of the molecule is CCOP(=S)(NC(C)CC)Oc1ccc(CC)cc1[N+](=O)[O-]. The van der Waals surface area contributed by atoms with Crippen molar-refractivity contribution in [1.82, 2.24) is 5.09 Å². The van der Waals surface area contributed by atoms with Crippen molar-refractivity contribution in [3.8, 4) is 5.75 Å². The van der Waals surface area contributed by atoms with Crippen molar-refractivity contribution in [3.05, 3.63) is 33.9 Å². The fourth-order valence-corrected chi connectivity index (χ4v) is 4.51. The van der Waals surface area contributed by atoms with Crippen molar-refractivity contribution < 1.29 is 14.0 Å². The lowest BCUT2D eigenvalue weighted by Gasteiger charge is -2.26. The van der Waals surface area contributed by atoms with Crippen LogP contribution in [-0.4, -0.2) is 17.6 Å². The molecular weight excluding hydrogens is 323 g/mol. The van der Waals surface area contributed by atoms with Crippen LogP contribution in [0.3, 0.4) is 0 Å². The van der Waals surface area contributed by atoms with Crippen LogP contribution in [0.2, 0.25) is 0 Å². The van der Waals surface area contributed by atoms with Gasteiger partial charge in [-0.25, -0.2) is 5.09 Å². The highest BCUT2D eigenvalue weighted by Crippen LogP contribution is 2.47. The Balaban J connectivity index is 3.12. The van der Waals surface area contributed by atoms with E-state index in [1.165, 1.54) is 6.07 Å². The number of hydrogen-bond donors (Lipinski definition) is 1. The summed E-state index contributed by atoms with van der Waals surface area (Å²) in [7, 11) is 0. The van der Waals surface area contributed by atoms with Crippen molar-refractivity contribution >= 4 is 24.1 Å². The molecule has 0 amide bonds. The van der Waals surface area contributed by atoms with Gasteiger partial charge >= 0.3 is 12.3 Å². The van der Waals surface area contributed by atoms with Gasteiger partial charge in [-0.05, 0) is 50.1 Å². The van der Waals surface area contributed by atoms with Gasteiger partial charge in [0.1, 0.15) is 0 Å². The number of benzene rings is 1. The van der Waals surface area contributed by atoms with Crippen molar-refractivity contribution in [2.45, 2.75) is 46.6 Å². The van der Waals surface area contributed by atoms with Crippen LogP contribution in [0.4, 0.5) is 5.69 Å². The molecule has 1 rings (SSSR count). The monoisotopic (exact) mass is 346 g/mol. The Kier molecular flexibility index (Phi) is 7.42. The molecule has 0 aliphatic rings. The molecule has 1 aromatic carbocycles. The smallest absolute Gasteiger partial charge is 0.313 e. The molecule has 124 valence electrons. The minimum Gasteiger partial charge on any atom is -0.425 e. The molecule has 0 spiro atoms. The zero-order valence-electron chi connectivity index (χ0n) is 13.4. The molecule has 22 heavy (non-hydrogen) atoms. The third-order valence-corrected chi connectivity index (χ3v) is 5.78. The molecule has 1 aromatic rings. The summed E-state index contributed by atoms with van der Waals surface area (Å²) in [4.78, 5) is 10.8. The Hall–Kier alpha value is -1.01. The molecule has 0 radical (unpaired) electrons. The van der Waals surface area contributed by atoms with E-state index in [1.54, 1.807) is 12.1 Å². The molecular formula is C14H23N2O4PS. The van der Waals surface area contributed by atoms with Gasteiger partial charge in [0.05, 0.1) is 11.5 Å². The maximum atomic E-state index is 11.3. The Morgan fingerprint density at radius 1 is 1.41 bits per heavy atom. The van der Waals surface area contributed by atoms with Crippen molar-refractivity contribution in [2.75, 3.05) is 6.61 Å². The molecule has 2 atom stereocenters. The number of nitro benzene ring substituents is 1. The first-order valence-corrected chi connectivity index (χ1v) is 9.98. The van der Waals surface area contributed by atoms with E-state index in [-0.39, 0.29) is 17.5 Å². The van der Waals surface area contributed by atoms with Crippen LogP contribution in [0, 0.1) is 10.1 Å². The lowest BCUT2D eigenvalue weighted by atomic mass is 10.1. The summed E-state index contributed by atoms with van der Waals surface area (Å²) in [6.45, 7) is 5.29. The fourth-order valence-electron chi connectivity index (χ4n) is 1.75. The van der Waals surface area contributed by atoms with Gasteiger partial charge in [-0.3, -0.25) is 10.1 Å². The van der Waals surface area contributed by atoms with Gasteiger partial charge in [0.15, 0.2) is 0 Å². The van der Waals surface area contributed by atoms with Gasteiger partial charge in [0.2, 0.25) is 5.75 Å². The summed E-state index contributed by atoms with van der Waals surface area (Å²) >= 11 is 5.47. The van der Waals surface area contributed by atoms with Crippen molar-refractivity contribution in [3.63, 3.8) is 0 Å². The van der Waals surface area contributed by atoms with E-state index in [0.29, 0.717) is 13.0 Å². The molecule has 2 unspecified atom stereocenters. The zero-order valence-corrected chi connectivity index (χ0v) is 15.1. The normalized spacial score (nSPS) is 15.1. The second kappa shape index (κ2) is 8.58. The minimum absolute atomic E-state index is 0.0840. The quantitative estimate of drug-likeness (QED) is 0.411. The van der Waals surface area contributed by atoms with E-state index in [9.17, 15) is 10.1 Å². The maximum absolute atomic E-state index is 11.3. The van der Waals surface area contributed by atoms with Gasteiger partial charge in [-0.1, -0.05) is 19.9 Å². The Morgan fingerprint density at radius 2 is 2.09 bits per heavy atom. The summed E-state index contributed by atoms with van der Waals surface area (Å²) in [6.07, 6.45) is 1.57. The largest absolute Gasteiger partial charge is 0.425 e. The number of aryl methyl sites for hydroxylation is 1. The molecule has 1 N–H and O–H groups in total. The van der Waals surface area contributed by atoms with Gasteiger partial charge < -0.3 is 9.05 Å². The first-order chi connectivity index (χ1) is 10.3. The highest BCUT2D eigenvalue weighted by atomic mass is 32.5. The lowest BCUT2D eigenvalue weighted by Crippen LogP contribution is -2.25. The molecule has 0 heterocycles. The Labute approximate surface area is 136 Å². The van der Waals surface area contributed by atoms with Gasteiger partial charge in [-0.15, -0.1) is 0 Å². The van der Waals surface area contributed by atoms with E-state index < -0.39 is 11.6 Å². The Bertz CT molecular complexity index is 568. The maximum Gasteiger partial charge on any atom is 0.313 e. The minimum atomic E-state index is -2.83. The van der Waals surface area contributed by atoms with Crippen LogP contribution in [0.25, 0.3) is 0 Å². The molecule has 0 bridgehead atoms. The molecule has 0 saturated heterocycles. The van der Waals surface area contributed by atoms with Crippen LogP contribution in [0.15, 0.2) is 18.2 Å². The number of nitrogens with zero attached hydrogens (tertiary/aromatic N) is 1. The van der Waals surface area contributed by atoms with Crippen LogP contribution in [0.1, 0.15) is 39.7 Å². The molecule has 0 fully saturated rings. The topological polar surface area (TPSA) is 73.6 Å². The summed E-state index contributed by atoms with van der Waals surface area (Å²) in [6, 6.07) is 5.02. The number of hydrogen-bond acceptors (Lipinski definition) is 5. The van der Waals surface area contributed by atoms with Crippen molar-refractivity contribution in [1.29, 1.82) is 0 Å². The molecule has 0 saturated carbocycles. The van der Waals surface area contributed by atoms with Crippen LogP contribution < -0.4 is 9.61 Å². The third-order valence-electron chi connectivity index (χ3n) is 3.14. The predicted octanol–water partition coefficient (Wildman–Crippen LogP) is 4.19. The average Bonchev–Trinajstić information content (AvgIpc) is 2.47. The number of nitro groups is 1. The van der Waals surface area contributed by atoms with Crippen LogP contribution >= 0.6 is 6.64 Å². The third kappa shape index (κ3) is 5.32. The zero-order chi connectivity index (χ0) is 16.8.